The van der Waals surface area contributed by atoms with Crippen molar-refractivity contribution in [1.29, 1.82) is 0 Å². The Hall–Kier alpha value is -2.50. The van der Waals surface area contributed by atoms with Gasteiger partial charge in [0.1, 0.15) is 17.3 Å². The van der Waals surface area contributed by atoms with Crippen LogP contribution in [-0.4, -0.2) is 21.9 Å². The highest BCUT2D eigenvalue weighted by Crippen LogP contribution is 2.17. The lowest BCUT2D eigenvalue weighted by Crippen LogP contribution is -2.36. The molecule has 0 saturated heterocycles. The number of benzene rings is 1. The fourth-order valence-corrected chi connectivity index (χ4v) is 2.84. The molecule has 1 aromatic carbocycles. The van der Waals surface area contributed by atoms with Crippen LogP contribution in [0.15, 0.2) is 36.7 Å². The number of hydrogen-bond donors (Lipinski definition) is 2. The van der Waals surface area contributed by atoms with Crippen molar-refractivity contribution >= 4 is 11.7 Å². The van der Waals surface area contributed by atoms with Gasteiger partial charge in [-0.15, -0.1) is 0 Å². The molecule has 1 aliphatic rings. The molecular weight excluding hydrogens is 307 g/mol. The Balaban J connectivity index is 1.52. The van der Waals surface area contributed by atoms with Gasteiger partial charge in [0.05, 0.1) is 12.4 Å². The maximum absolute atomic E-state index is 12.9. The molecule has 1 heterocycles. The van der Waals surface area contributed by atoms with E-state index in [0.717, 1.165) is 18.4 Å². The molecule has 0 atom stereocenters. The zero-order valence-electron chi connectivity index (χ0n) is 13.5. The molecule has 24 heavy (non-hydrogen) atoms. The standard InChI is InChI=1S/C18H21FN4O/c19-14-8-6-13(7-9-14)10-21-17-12-20-16(11-22-17)18(24)23-15-4-2-1-3-5-15/h6-9,11-12,15H,1-5,10H2,(H,21,22)(H,23,24). The summed E-state index contributed by atoms with van der Waals surface area (Å²) in [7, 11) is 0. The Labute approximate surface area is 140 Å². The van der Waals surface area contributed by atoms with Crippen molar-refractivity contribution in [2.45, 2.75) is 44.7 Å². The number of anilines is 1. The van der Waals surface area contributed by atoms with Crippen molar-refractivity contribution < 1.29 is 9.18 Å². The average Bonchev–Trinajstić information content (AvgIpc) is 2.62. The molecule has 2 N–H and O–H groups in total. The van der Waals surface area contributed by atoms with Crippen LogP contribution in [0.5, 0.6) is 0 Å². The first-order chi connectivity index (χ1) is 11.7. The van der Waals surface area contributed by atoms with Gasteiger partial charge >= 0.3 is 0 Å². The maximum atomic E-state index is 12.9. The summed E-state index contributed by atoms with van der Waals surface area (Å²) in [6.07, 6.45) is 8.68. The molecule has 1 saturated carbocycles. The van der Waals surface area contributed by atoms with Gasteiger partial charge in [-0.3, -0.25) is 4.79 Å². The van der Waals surface area contributed by atoms with Crippen molar-refractivity contribution in [2.75, 3.05) is 5.32 Å². The third-order valence-electron chi connectivity index (χ3n) is 4.21. The van der Waals surface area contributed by atoms with E-state index in [0.29, 0.717) is 18.1 Å². The molecule has 126 valence electrons. The van der Waals surface area contributed by atoms with E-state index in [2.05, 4.69) is 20.6 Å². The zero-order valence-corrected chi connectivity index (χ0v) is 13.5. The molecule has 0 bridgehead atoms. The third-order valence-corrected chi connectivity index (χ3v) is 4.21. The topological polar surface area (TPSA) is 66.9 Å². The number of carbonyl (C=O) groups excluding carboxylic acids is 1. The van der Waals surface area contributed by atoms with E-state index in [-0.39, 0.29) is 17.8 Å². The number of nitrogens with one attached hydrogen (secondary N) is 2. The summed E-state index contributed by atoms with van der Waals surface area (Å²) < 4.78 is 12.9. The monoisotopic (exact) mass is 328 g/mol. The fraction of sp³-hybridized carbons (Fsp3) is 0.389. The summed E-state index contributed by atoms with van der Waals surface area (Å²) in [6.45, 7) is 0.516. The number of aromatic nitrogens is 2. The maximum Gasteiger partial charge on any atom is 0.271 e. The van der Waals surface area contributed by atoms with Gasteiger partial charge < -0.3 is 10.6 Å². The SMILES string of the molecule is O=C(NC1CCCCC1)c1cnc(NCc2ccc(F)cc2)cn1. The van der Waals surface area contributed by atoms with Crippen LogP contribution in [0.1, 0.15) is 48.2 Å². The Morgan fingerprint density at radius 3 is 2.50 bits per heavy atom. The lowest BCUT2D eigenvalue weighted by molar-refractivity contribution is 0.0922. The Morgan fingerprint density at radius 1 is 1.08 bits per heavy atom. The number of rotatable bonds is 5. The highest BCUT2D eigenvalue weighted by Gasteiger charge is 2.17. The van der Waals surface area contributed by atoms with Crippen molar-refractivity contribution in [3.63, 3.8) is 0 Å². The largest absolute Gasteiger partial charge is 0.365 e. The van der Waals surface area contributed by atoms with E-state index < -0.39 is 0 Å². The van der Waals surface area contributed by atoms with Gasteiger partial charge in [0, 0.05) is 12.6 Å². The summed E-state index contributed by atoms with van der Waals surface area (Å²) in [5.74, 6) is 0.153. The van der Waals surface area contributed by atoms with Crippen LogP contribution in [0.3, 0.4) is 0 Å². The number of amides is 1. The number of halogens is 1. The van der Waals surface area contributed by atoms with Crippen LogP contribution in [-0.2, 0) is 6.54 Å². The molecular formula is C18H21FN4O. The van der Waals surface area contributed by atoms with E-state index >= 15 is 0 Å². The molecule has 0 aliphatic heterocycles. The molecule has 0 unspecified atom stereocenters. The first-order valence-electron chi connectivity index (χ1n) is 8.32. The van der Waals surface area contributed by atoms with Crippen molar-refractivity contribution in [3.8, 4) is 0 Å². The van der Waals surface area contributed by atoms with Crippen LogP contribution >= 0.6 is 0 Å². The van der Waals surface area contributed by atoms with Gasteiger partial charge in [-0.2, -0.15) is 0 Å². The molecule has 5 nitrogen and oxygen atoms in total. The highest BCUT2D eigenvalue weighted by atomic mass is 19.1. The molecule has 6 heteroatoms. The molecule has 0 radical (unpaired) electrons. The number of hydrogen-bond acceptors (Lipinski definition) is 4. The second-order valence-electron chi connectivity index (χ2n) is 6.08. The first kappa shape index (κ1) is 16.4. The predicted octanol–water partition coefficient (Wildman–Crippen LogP) is 3.29. The van der Waals surface area contributed by atoms with Crippen LogP contribution in [0, 0.1) is 5.82 Å². The lowest BCUT2D eigenvalue weighted by Gasteiger charge is -2.22. The lowest BCUT2D eigenvalue weighted by atomic mass is 9.95. The summed E-state index contributed by atoms with van der Waals surface area (Å²) in [5, 5.41) is 6.12. The van der Waals surface area contributed by atoms with E-state index in [1.54, 1.807) is 18.3 Å². The molecule has 2 aromatic rings. The second kappa shape index (κ2) is 7.86. The van der Waals surface area contributed by atoms with Gasteiger partial charge in [-0.1, -0.05) is 31.4 Å². The highest BCUT2D eigenvalue weighted by molar-refractivity contribution is 5.92. The van der Waals surface area contributed by atoms with Crippen LogP contribution in [0.2, 0.25) is 0 Å². The molecule has 1 amide bonds. The summed E-state index contributed by atoms with van der Waals surface area (Å²) in [4.78, 5) is 20.6. The second-order valence-corrected chi connectivity index (χ2v) is 6.08. The summed E-state index contributed by atoms with van der Waals surface area (Å²) in [5.41, 5.74) is 1.27. The average molecular weight is 328 g/mol. The smallest absolute Gasteiger partial charge is 0.271 e. The Bertz CT molecular complexity index is 666. The number of carbonyl (C=O) groups is 1. The van der Waals surface area contributed by atoms with E-state index in [1.807, 2.05) is 0 Å². The predicted molar refractivity (Wildman–Crippen MR) is 90.1 cm³/mol. The number of nitrogens with zero attached hydrogens (tertiary/aromatic N) is 2. The molecule has 1 aromatic heterocycles. The quantitative estimate of drug-likeness (QED) is 0.884. The van der Waals surface area contributed by atoms with Crippen LogP contribution in [0.25, 0.3) is 0 Å². The van der Waals surface area contributed by atoms with Crippen molar-refractivity contribution in [2.24, 2.45) is 0 Å². The normalized spacial score (nSPS) is 15.0. The summed E-state index contributed by atoms with van der Waals surface area (Å²) >= 11 is 0. The Kier molecular flexibility index (Phi) is 5.36. The third kappa shape index (κ3) is 4.50. The first-order valence-corrected chi connectivity index (χ1v) is 8.32. The van der Waals surface area contributed by atoms with E-state index in [9.17, 15) is 9.18 Å². The van der Waals surface area contributed by atoms with Crippen LogP contribution in [0.4, 0.5) is 10.2 Å². The van der Waals surface area contributed by atoms with Gasteiger partial charge in [0.2, 0.25) is 0 Å². The Morgan fingerprint density at radius 2 is 1.83 bits per heavy atom. The molecule has 1 aliphatic carbocycles. The van der Waals surface area contributed by atoms with Crippen molar-refractivity contribution in [3.05, 3.63) is 53.7 Å². The van der Waals surface area contributed by atoms with Gasteiger partial charge in [-0.25, -0.2) is 14.4 Å². The summed E-state index contributed by atoms with van der Waals surface area (Å²) in [6, 6.07) is 6.51. The molecule has 3 rings (SSSR count). The fourth-order valence-electron chi connectivity index (χ4n) is 2.84. The van der Waals surface area contributed by atoms with Gasteiger partial charge in [0.15, 0.2) is 0 Å². The van der Waals surface area contributed by atoms with Gasteiger partial charge in [-0.05, 0) is 30.5 Å². The minimum Gasteiger partial charge on any atom is -0.365 e. The van der Waals surface area contributed by atoms with Crippen LogP contribution < -0.4 is 10.6 Å². The minimum atomic E-state index is -0.258. The molecule has 1 fully saturated rings. The van der Waals surface area contributed by atoms with E-state index in [4.69, 9.17) is 0 Å². The molecule has 0 spiro atoms. The van der Waals surface area contributed by atoms with Gasteiger partial charge in [0.25, 0.3) is 5.91 Å². The zero-order chi connectivity index (χ0) is 16.8. The van der Waals surface area contributed by atoms with E-state index in [1.165, 1.54) is 37.6 Å². The van der Waals surface area contributed by atoms with Crippen molar-refractivity contribution in [1.82, 2.24) is 15.3 Å². The minimum absolute atomic E-state index is 0.167.